The van der Waals surface area contributed by atoms with Gasteiger partial charge in [-0.15, -0.1) is 0 Å². The molecule has 0 aromatic rings. The maximum absolute atomic E-state index is 11.2. The second kappa shape index (κ2) is 3.26. The molecule has 1 aliphatic carbocycles. The van der Waals surface area contributed by atoms with E-state index in [4.69, 9.17) is 4.74 Å². The number of amides is 1. The van der Waals surface area contributed by atoms with Gasteiger partial charge in [-0.2, -0.15) is 0 Å². The lowest BCUT2D eigenvalue weighted by Gasteiger charge is -2.46. The Bertz CT molecular complexity index is 257. The molecule has 14 heavy (non-hydrogen) atoms. The van der Waals surface area contributed by atoms with E-state index >= 15 is 0 Å². The number of nitrogens with one attached hydrogen (secondary N) is 1. The molecule has 1 amide bonds. The molecule has 1 spiro atoms. The number of carbonyl (C=O) groups is 2. The Morgan fingerprint density at radius 2 is 2.07 bits per heavy atom. The maximum atomic E-state index is 11.2. The van der Waals surface area contributed by atoms with Gasteiger partial charge in [0.25, 0.3) is 0 Å². The minimum atomic E-state index is -0.106. The molecular weight excluding hydrogens is 182 g/mol. The predicted octanol–water partition coefficient (Wildman–Crippen LogP) is 0.608. The Balaban J connectivity index is 1.86. The molecule has 2 aliphatic rings. The third-order valence-electron chi connectivity index (χ3n) is 3.38. The Morgan fingerprint density at radius 3 is 2.50 bits per heavy atom. The number of hydrogen-bond donors (Lipinski definition) is 1. The summed E-state index contributed by atoms with van der Waals surface area (Å²) in [4.78, 5) is 22.1. The van der Waals surface area contributed by atoms with Crippen LogP contribution in [0.3, 0.4) is 0 Å². The van der Waals surface area contributed by atoms with Crippen LogP contribution in [0.15, 0.2) is 0 Å². The summed E-state index contributed by atoms with van der Waals surface area (Å²) in [5.41, 5.74) is 0.0294. The highest BCUT2D eigenvalue weighted by Gasteiger charge is 2.46. The summed E-state index contributed by atoms with van der Waals surface area (Å²) < 4.78 is 4.70. The fourth-order valence-corrected chi connectivity index (χ4v) is 2.46. The second-order valence-corrected chi connectivity index (χ2v) is 4.30. The molecule has 4 heteroatoms. The number of carbonyl (C=O) groups excluding carboxylic acids is 2. The van der Waals surface area contributed by atoms with Gasteiger partial charge in [0.05, 0.1) is 13.0 Å². The topological polar surface area (TPSA) is 55.4 Å². The van der Waals surface area contributed by atoms with E-state index in [2.05, 4.69) is 5.32 Å². The number of esters is 1. The Morgan fingerprint density at radius 1 is 1.50 bits per heavy atom. The molecule has 1 heterocycles. The molecule has 0 bridgehead atoms. The van der Waals surface area contributed by atoms with Crippen LogP contribution in [0.2, 0.25) is 0 Å². The Hall–Kier alpha value is -1.06. The van der Waals surface area contributed by atoms with Crippen LogP contribution in [-0.4, -0.2) is 24.5 Å². The zero-order chi connectivity index (χ0) is 10.2. The number of hydrogen-bond acceptors (Lipinski definition) is 3. The molecule has 0 radical (unpaired) electrons. The molecule has 2 fully saturated rings. The first-order valence-corrected chi connectivity index (χ1v) is 5.04. The van der Waals surface area contributed by atoms with E-state index in [0.717, 1.165) is 25.7 Å². The van der Waals surface area contributed by atoms with Crippen molar-refractivity contribution in [3.8, 4) is 0 Å². The summed E-state index contributed by atoms with van der Waals surface area (Å²) in [5, 5.41) is 2.94. The van der Waals surface area contributed by atoms with Gasteiger partial charge in [-0.25, -0.2) is 0 Å². The van der Waals surface area contributed by atoms with Crippen LogP contribution in [-0.2, 0) is 14.3 Å². The van der Waals surface area contributed by atoms with Crippen LogP contribution in [0, 0.1) is 5.92 Å². The van der Waals surface area contributed by atoms with Gasteiger partial charge in [-0.3, -0.25) is 9.59 Å². The zero-order valence-electron chi connectivity index (χ0n) is 8.34. The number of β-lactam (4-membered cyclic amide) rings is 1. The highest BCUT2D eigenvalue weighted by Crippen LogP contribution is 2.38. The normalized spacial score (nSPS) is 36.1. The molecule has 0 atom stereocenters. The van der Waals surface area contributed by atoms with Crippen LogP contribution in [0.1, 0.15) is 32.1 Å². The van der Waals surface area contributed by atoms with Gasteiger partial charge in [0.2, 0.25) is 5.91 Å². The third-order valence-corrected chi connectivity index (χ3v) is 3.38. The molecule has 2 rings (SSSR count). The standard InChI is InChI=1S/C10H15NO3/c1-14-9(13)7-2-4-10(5-3-7)6-8(12)11-10/h7H,2-6H2,1H3,(H,11,12). The van der Waals surface area contributed by atoms with Crippen molar-refractivity contribution in [2.45, 2.75) is 37.6 Å². The lowest BCUT2D eigenvalue weighted by Crippen LogP contribution is -2.62. The first kappa shape index (κ1) is 9.49. The first-order chi connectivity index (χ1) is 6.65. The average Bonchev–Trinajstić information content (AvgIpc) is 2.16. The highest BCUT2D eigenvalue weighted by atomic mass is 16.5. The van der Waals surface area contributed by atoms with E-state index in [1.807, 2.05) is 0 Å². The number of rotatable bonds is 1. The van der Waals surface area contributed by atoms with E-state index in [0.29, 0.717) is 6.42 Å². The lowest BCUT2D eigenvalue weighted by molar-refractivity contribution is -0.148. The molecule has 4 nitrogen and oxygen atoms in total. The van der Waals surface area contributed by atoms with Gasteiger partial charge in [0.15, 0.2) is 0 Å². The van der Waals surface area contributed by atoms with Gasteiger partial charge in [0, 0.05) is 12.0 Å². The van der Waals surface area contributed by atoms with E-state index in [1.54, 1.807) is 0 Å². The van der Waals surface area contributed by atoms with Crippen molar-refractivity contribution in [3.05, 3.63) is 0 Å². The Kier molecular flexibility index (Phi) is 2.21. The molecule has 78 valence electrons. The van der Waals surface area contributed by atoms with Crippen molar-refractivity contribution in [2.75, 3.05) is 7.11 Å². The monoisotopic (exact) mass is 197 g/mol. The van der Waals surface area contributed by atoms with Crippen molar-refractivity contribution >= 4 is 11.9 Å². The van der Waals surface area contributed by atoms with Crippen LogP contribution in [0.25, 0.3) is 0 Å². The first-order valence-electron chi connectivity index (χ1n) is 5.04. The minimum Gasteiger partial charge on any atom is -0.469 e. The smallest absolute Gasteiger partial charge is 0.308 e. The minimum absolute atomic E-state index is 0.0294. The third kappa shape index (κ3) is 1.49. The van der Waals surface area contributed by atoms with Gasteiger partial charge < -0.3 is 10.1 Å². The van der Waals surface area contributed by atoms with Gasteiger partial charge >= 0.3 is 5.97 Å². The largest absolute Gasteiger partial charge is 0.469 e. The Labute approximate surface area is 83.0 Å². The fraction of sp³-hybridized carbons (Fsp3) is 0.800. The zero-order valence-corrected chi connectivity index (χ0v) is 8.34. The summed E-state index contributed by atoms with van der Waals surface area (Å²) in [5.74, 6) is 0.0788. The van der Waals surface area contributed by atoms with Crippen molar-refractivity contribution in [3.63, 3.8) is 0 Å². The average molecular weight is 197 g/mol. The van der Waals surface area contributed by atoms with E-state index in [1.165, 1.54) is 7.11 Å². The summed E-state index contributed by atoms with van der Waals surface area (Å²) in [6.45, 7) is 0. The number of methoxy groups -OCH3 is 1. The summed E-state index contributed by atoms with van der Waals surface area (Å²) in [6.07, 6.45) is 4.15. The molecule has 0 aromatic heterocycles. The van der Waals surface area contributed by atoms with Crippen LogP contribution >= 0.6 is 0 Å². The van der Waals surface area contributed by atoms with E-state index in [-0.39, 0.29) is 23.3 Å². The second-order valence-electron chi connectivity index (χ2n) is 4.30. The van der Waals surface area contributed by atoms with Gasteiger partial charge in [0.1, 0.15) is 0 Å². The molecular formula is C10H15NO3. The van der Waals surface area contributed by atoms with Crippen LogP contribution in [0.4, 0.5) is 0 Å². The number of ether oxygens (including phenoxy) is 1. The summed E-state index contributed by atoms with van der Waals surface area (Å²) in [6, 6.07) is 0. The van der Waals surface area contributed by atoms with Crippen molar-refractivity contribution < 1.29 is 14.3 Å². The van der Waals surface area contributed by atoms with Gasteiger partial charge in [-0.05, 0) is 25.7 Å². The molecule has 1 saturated heterocycles. The quantitative estimate of drug-likeness (QED) is 0.495. The lowest BCUT2D eigenvalue weighted by atomic mass is 9.71. The maximum Gasteiger partial charge on any atom is 0.308 e. The van der Waals surface area contributed by atoms with E-state index in [9.17, 15) is 9.59 Å². The molecule has 1 aliphatic heterocycles. The van der Waals surface area contributed by atoms with E-state index < -0.39 is 0 Å². The van der Waals surface area contributed by atoms with Crippen LogP contribution < -0.4 is 5.32 Å². The summed E-state index contributed by atoms with van der Waals surface area (Å²) >= 11 is 0. The molecule has 1 N–H and O–H groups in total. The fourth-order valence-electron chi connectivity index (χ4n) is 2.46. The van der Waals surface area contributed by atoms with Gasteiger partial charge in [-0.1, -0.05) is 0 Å². The predicted molar refractivity (Wildman–Crippen MR) is 49.5 cm³/mol. The van der Waals surface area contributed by atoms with Crippen LogP contribution in [0.5, 0.6) is 0 Å². The molecule has 0 unspecified atom stereocenters. The highest BCUT2D eigenvalue weighted by molar-refractivity contribution is 5.85. The van der Waals surface area contributed by atoms with Crippen molar-refractivity contribution in [1.82, 2.24) is 5.32 Å². The van der Waals surface area contributed by atoms with Crippen molar-refractivity contribution in [1.29, 1.82) is 0 Å². The molecule has 1 saturated carbocycles. The summed E-state index contributed by atoms with van der Waals surface area (Å²) in [7, 11) is 1.43. The SMILES string of the molecule is COC(=O)C1CCC2(CC1)CC(=O)N2. The molecule has 0 aromatic carbocycles. The van der Waals surface area contributed by atoms with Crippen molar-refractivity contribution in [2.24, 2.45) is 5.92 Å².